The van der Waals surface area contributed by atoms with E-state index in [1.54, 1.807) is 0 Å². The number of hydrogen-bond acceptors (Lipinski definition) is 7. The van der Waals surface area contributed by atoms with Crippen molar-refractivity contribution in [2.75, 3.05) is 0 Å². The molecular weight excluding hydrogens is 484 g/mol. The fourth-order valence-electron chi connectivity index (χ4n) is 11.1. The monoisotopic (exact) mass is 532 g/mol. The third-order valence-corrected chi connectivity index (χ3v) is 13.0. The highest BCUT2D eigenvalue weighted by atomic mass is 16.6. The van der Waals surface area contributed by atoms with Crippen LogP contribution in [0.25, 0.3) is 0 Å². The third kappa shape index (κ3) is 3.51. The first-order valence-electron chi connectivity index (χ1n) is 14.7. The molecule has 4 aliphatic carbocycles. The highest BCUT2D eigenvalue weighted by Gasteiger charge is 2.76. The van der Waals surface area contributed by atoms with Gasteiger partial charge in [0.1, 0.15) is 23.4 Å². The predicted octanol–water partition coefficient (Wildman–Crippen LogP) is 5.36. The fourth-order valence-corrected chi connectivity index (χ4v) is 11.1. The van der Waals surface area contributed by atoms with Crippen LogP contribution in [0.2, 0.25) is 0 Å². The van der Waals surface area contributed by atoms with Crippen molar-refractivity contribution in [3.63, 3.8) is 0 Å². The minimum Gasteiger partial charge on any atom is -0.462 e. The summed E-state index contributed by atoms with van der Waals surface area (Å²) >= 11 is 0. The van der Waals surface area contributed by atoms with Crippen molar-refractivity contribution in [2.45, 2.75) is 137 Å². The van der Waals surface area contributed by atoms with Crippen molar-refractivity contribution in [1.82, 2.24) is 0 Å². The van der Waals surface area contributed by atoms with Gasteiger partial charge in [-0.05, 0) is 80.0 Å². The molecule has 0 spiro atoms. The van der Waals surface area contributed by atoms with Crippen LogP contribution in [0.1, 0.15) is 113 Å². The second-order valence-electron chi connectivity index (χ2n) is 14.9. The van der Waals surface area contributed by atoms with Crippen molar-refractivity contribution in [2.24, 2.45) is 39.4 Å². The first kappa shape index (κ1) is 27.9. The molecule has 1 heterocycles. The maximum absolute atomic E-state index is 12.5. The van der Waals surface area contributed by atoms with Gasteiger partial charge >= 0.3 is 17.9 Å². The van der Waals surface area contributed by atoms with Gasteiger partial charge in [-0.1, -0.05) is 34.6 Å². The summed E-state index contributed by atoms with van der Waals surface area (Å²) in [5.74, 6) is -0.502. The summed E-state index contributed by atoms with van der Waals surface area (Å²) in [4.78, 5) is 36.7. The molecule has 7 nitrogen and oxygen atoms in total. The summed E-state index contributed by atoms with van der Waals surface area (Å²) in [5, 5.41) is 12.5. The molecule has 214 valence electrons. The molecule has 0 aromatic carbocycles. The predicted molar refractivity (Wildman–Crippen MR) is 141 cm³/mol. The molecule has 0 amide bonds. The Labute approximate surface area is 227 Å². The maximum Gasteiger partial charge on any atom is 0.306 e. The molecule has 1 saturated heterocycles. The van der Waals surface area contributed by atoms with Crippen LogP contribution in [0, 0.1) is 39.4 Å². The van der Waals surface area contributed by atoms with Gasteiger partial charge in [-0.25, -0.2) is 0 Å². The fraction of sp³-hybridized carbons (Fsp3) is 0.903. The molecule has 0 aromatic rings. The lowest BCUT2D eigenvalue weighted by molar-refractivity contribution is -0.273. The largest absolute Gasteiger partial charge is 0.462 e. The molecule has 1 N–H and O–H groups in total. The number of aliphatic hydroxyl groups is 1. The standard InChI is InChI=1S/C31H48O7/c1-18(32)36-20-17-22-27(5)12-10-23(37-19(2)33)26(3,4)21(27)9-13-28(22,6)29(7)15-16-31(35,25(20)29)30(8)14-11-24(34)38-30/h20-23,25,35H,9-17H2,1-8H3/t20-,21+,22-,23-,25+,27+,28-,29-,30+,31-/m1/s1. The molecule has 0 bridgehead atoms. The van der Waals surface area contributed by atoms with Gasteiger partial charge in [0, 0.05) is 38.0 Å². The van der Waals surface area contributed by atoms with Gasteiger partial charge in [0.2, 0.25) is 0 Å². The lowest BCUT2D eigenvalue weighted by atomic mass is 9.35. The van der Waals surface area contributed by atoms with Crippen LogP contribution >= 0.6 is 0 Å². The summed E-state index contributed by atoms with van der Waals surface area (Å²) in [6, 6.07) is 0. The SMILES string of the molecule is CC(=O)O[C@@H]1C[C@@H]2[C@@]3(C)CC[C@@H](OC(C)=O)C(C)(C)[C@@H]3CC[C@@]2(C)[C@]2(C)CC[C@](O)([C@]3(C)CCC(=O)O3)[C@@H]12. The van der Waals surface area contributed by atoms with E-state index in [1.165, 1.54) is 13.8 Å². The number of cyclic esters (lactones) is 1. The maximum atomic E-state index is 12.5. The Hall–Kier alpha value is -1.63. The van der Waals surface area contributed by atoms with Crippen LogP contribution < -0.4 is 0 Å². The van der Waals surface area contributed by atoms with Gasteiger partial charge in [-0.3, -0.25) is 14.4 Å². The highest BCUT2D eigenvalue weighted by molar-refractivity contribution is 5.72. The minimum atomic E-state index is -1.26. The average Bonchev–Trinajstić information content (AvgIpc) is 3.30. The van der Waals surface area contributed by atoms with E-state index in [0.29, 0.717) is 31.6 Å². The highest BCUT2D eigenvalue weighted by Crippen LogP contribution is 2.77. The van der Waals surface area contributed by atoms with E-state index in [4.69, 9.17) is 14.2 Å². The summed E-state index contributed by atoms with van der Waals surface area (Å²) in [5.41, 5.74) is -2.83. The quantitative estimate of drug-likeness (QED) is 0.386. The Kier molecular flexibility index (Phi) is 6.20. The number of esters is 3. The number of hydrogen-bond donors (Lipinski definition) is 1. The molecule has 0 radical (unpaired) electrons. The average molecular weight is 533 g/mol. The first-order valence-corrected chi connectivity index (χ1v) is 14.7. The van der Waals surface area contributed by atoms with Crippen LogP contribution in [0.5, 0.6) is 0 Å². The summed E-state index contributed by atoms with van der Waals surface area (Å²) in [6.07, 6.45) is 6.03. The molecule has 5 rings (SSSR count). The molecule has 38 heavy (non-hydrogen) atoms. The number of rotatable bonds is 3. The van der Waals surface area contributed by atoms with Gasteiger partial charge in [0.25, 0.3) is 0 Å². The second kappa shape index (κ2) is 8.44. The van der Waals surface area contributed by atoms with Crippen molar-refractivity contribution in [3.05, 3.63) is 0 Å². The number of ether oxygens (including phenoxy) is 3. The summed E-state index contributed by atoms with van der Waals surface area (Å²) in [7, 11) is 0. The molecule has 1 aliphatic heterocycles. The molecule has 7 heteroatoms. The topological polar surface area (TPSA) is 99.1 Å². The minimum absolute atomic E-state index is 0.0238. The van der Waals surface area contributed by atoms with E-state index in [2.05, 4.69) is 34.6 Å². The van der Waals surface area contributed by atoms with Crippen LogP contribution in [0.15, 0.2) is 0 Å². The van der Waals surface area contributed by atoms with Gasteiger partial charge in [0.15, 0.2) is 0 Å². The van der Waals surface area contributed by atoms with E-state index in [-0.39, 0.29) is 57.5 Å². The second-order valence-corrected chi connectivity index (χ2v) is 14.9. The Morgan fingerprint density at radius 1 is 0.842 bits per heavy atom. The van der Waals surface area contributed by atoms with Gasteiger partial charge < -0.3 is 19.3 Å². The van der Waals surface area contributed by atoms with E-state index in [1.807, 2.05) is 6.92 Å². The molecule has 0 aromatic heterocycles. The Morgan fingerprint density at radius 2 is 1.50 bits per heavy atom. The zero-order chi connectivity index (χ0) is 28.1. The van der Waals surface area contributed by atoms with Gasteiger partial charge in [0.05, 0.1) is 0 Å². The number of carbonyl (C=O) groups is 3. The molecule has 0 unspecified atom stereocenters. The normalized spacial score (nSPS) is 51.3. The van der Waals surface area contributed by atoms with Crippen LogP contribution in [-0.2, 0) is 28.6 Å². The van der Waals surface area contributed by atoms with Gasteiger partial charge in [-0.2, -0.15) is 0 Å². The number of carbonyl (C=O) groups excluding carboxylic acids is 3. The molecule has 5 fully saturated rings. The Balaban J connectivity index is 1.58. The molecule has 5 aliphatic rings. The lowest BCUT2D eigenvalue weighted by Crippen LogP contribution is -2.70. The van der Waals surface area contributed by atoms with Crippen molar-refractivity contribution >= 4 is 17.9 Å². The summed E-state index contributed by atoms with van der Waals surface area (Å²) in [6.45, 7) is 16.5. The molecule has 4 saturated carbocycles. The van der Waals surface area contributed by atoms with Crippen molar-refractivity contribution < 1.29 is 33.7 Å². The smallest absolute Gasteiger partial charge is 0.306 e. The zero-order valence-corrected chi connectivity index (χ0v) is 24.6. The lowest BCUT2D eigenvalue weighted by Gasteiger charge is -2.71. The van der Waals surface area contributed by atoms with E-state index in [9.17, 15) is 19.5 Å². The number of fused-ring (bicyclic) bond motifs is 5. The molecule has 10 atom stereocenters. The third-order valence-electron chi connectivity index (χ3n) is 13.0. The van der Waals surface area contributed by atoms with E-state index >= 15 is 0 Å². The van der Waals surface area contributed by atoms with E-state index in [0.717, 1.165) is 32.1 Å². The zero-order valence-electron chi connectivity index (χ0n) is 24.6. The van der Waals surface area contributed by atoms with Crippen molar-refractivity contribution in [1.29, 1.82) is 0 Å². The molecular formula is C31H48O7. The van der Waals surface area contributed by atoms with Gasteiger partial charge in [-0.15, -0.1) is 0 Å². The van der Waals surface area contributed by atoms with Crippen LogP contribution in [0.4, 0.5) is 0 Å². The van der Waals surface area contributed by atoms with E-state index < -0.39 is 17.3 Å². The summed E-state index contributed by atoms with van der Waals surface area (Å²) < 4.78 is 17.8. The first-order chi connectivity index (χ1) is 17.4. The Morgan fingerprint density at radius 3 is 2.08 bits per heavy atom. The van der Waals surface area contributed by atoms with Crippen molar-refractivity contribution in [3.8, 4) is 0 Å². The van der Waals surface area contributed by atoms with Crippen LogP contribution in [0.3, 0.4) is 0 Å². The Bertz CT molecular complexity index is 1040. The van der Waals surface area contributed by atoms with Crippen LogP contribution in [-0.4, -0.2) is 46.4 Å².